The fourth-order valence-electron chi connectivity index (χ4n) is 5.95. The standard InChI is InChI=1S/C42H48N10O4Si/c1-41(2,3)35-22-37(52(50-35)29-14-18-39(53)51(25-29)19-20-55-57(7,8)42(4,5)6)48-40(54)47-33-16-17-34(31-12-10-9-11-30(31)33)56-38-23-36(43-26-44-38)46-28-13-15-32-27(21-28)24-45-49-32/h9-18,21-26H,19-20H2,1-8H3,(H,45,49)(H,43,44,46)(H2,47,48,54). The highest BCUT2D eigenvalue weighted by Crippen LogP contribution is 2.37. The van der Waals surface area contributed by atoms with Gasteiger partial charge in [-0.05, 0) is 54.5 Å². The second-order valence-electron chi connectivity index (χ2n) is 16.5. The van der Waals surface area contributed by atoms with Crippen molar-refractivity contribution >= 4 is 59.0 Å². The predicted molar refractivity (Wildman–Crippen MR) is 228 cm³/mol. The lowest BCUT2D eigenvalue weighted by Crippen LogP contribution is -2.41. The van der Waals surface area contributed by atoms with E-state index in [0.717, 1.165) is 33.1 Å². The SMILES string of the molecule is CC(C)(C)c1cc(NC(=O)Nc2ccc(Oc3cc(Nc4ccc5[nH]ncc5c4)ncn3)c3ccccc23)n(-c2ccc(=O)n(CCO[Si](C)(C)C(C)(C)C)c2)n1. The van der Waals surface area contributed by atoms with E-state index in [2.05, 4.69) is 90.8 Å². The number of nitrogens with zero attached hydrogens (tertiary/aromatic N) is 6. The number of H-pyrrole nitrogens is 1. The molecule has 0 aliphatic rings. The van der Waals surface area contributed by atoms with Crippen molar-refractivity contribution in [2.24, 2.45) is 0 Å². The summed E-state index contributed by atoms with van der Waals surface area (Å²) in [5, 5.41) is 23.8. The normalized spacial score (nSPS) is 12.2. The molecule has 3 aromatic carbocycles. The summed E-state index contributed by atoms with van der Waals surface area (Å²) < 4.78 is 15.9. The Hall–Kier alpha value is -6.32. The van der Waals surface area contributed by atoms with E-state index in [9.17, 15) is 9.59 Å². The van der Waals surface area contributed by atoms with Gasteiger partial charge in [-0.1, -0.05) is 65.8 Å². The first kappa shape index (κ1) is 38.9. The van der Waals surface area contributed by atoms with Crippen molar-refractivity contribution in [1.82, 2.24) is 34.5 Å². The van der Waals surface area contributed by atoms with E-state index < -0.39 is 14.3 Å². The Morgan fingerprint density at radius 3 is 2.46 bits per heavy atom. The zero-order chi connectivity index (χ0) is 40.5. The average Bonchev–Trinajstić information content (AvgIpc) is 3.80. The second-order valence-corrected chi connectivity index (χ2v) is 21.3. The van der Waals surface area contributed by atoms with Gasteiger partial charge in [0.05, 0.1) is 35.4 Å². The number of ether oxygens (including phenoxy) is 1. The summed E-state index contributed by atoms with van der Waals surface area (Å²) in [6, 6.07) is 23.4. The number of carbonyl (C=O) groups excluding carboxylic acids is 1. The third kappa shape index (κ3) is 8.74. The maximum Gasteiger partial charge on any atom is 0.324 e. The molecular weight excluding hydrogens is 737 g/mol. The van der Waals surface area contributed by atoms with Gasteiger partial charge in [0.2, 0.25) is 5.88 Å². The van der Waals surface area contributed by atoms with Gasteiger partial charge in [0.1, 0.15) is 23.7 Å². The average molecular weight is 785 g/mol. The summed E-state index contributed by atoms with van der Waals surface area (Å²) in [5.74, 6) is 1.91. The Morgan fingerprint density at radius 2 is 1.68 bits per heavy atom. The molecule has 0 saturated heterocycles. The van der Waals surface area contributed by atoms with E-state index in [0.29, 0.717) is 47.8 Å². The Bertz CT molecular complexity index is 2630. The largest absolute Gasteiger partial charge is 0.438 e. The molecule has 0 aliphatic carbocycles. The lowest BCUT2D eigenvalue weighted by Gasteiger charge is -2.36. The van der Waals surface area contributed by atoms with Crippen LogP contribution in [0, 0.1) is 0 Å². The van der Waals surface area contributed by atoms with Crippen LogP contribution >= 0.6 is 0 Å². The fraction of sp³-hybridized carbons (Fsp3) is 0.286. The van der Waals surface area contributed by atoms with E-state index in [1.54, 1.807) is 45.9 Å². The van der Waals surface area contributed by atoms with Gasteiger partial charge in [0, 0.05) is 58.2 Å². The molecule has 4 heterocycles. The van der Waals surface area contributed by atoms with Gasteiger partial charge in [-0.25, -0.2) is 19.4 Å². The first-order valence-electron chi connectivity index (χ1n) is 18.8. The van der Waals surface area contributed by atoms with E-state index in [4.69, 9.17) is 14.3 Å². The maximum absolute atomic E-state index is 13.7. The number of anilines is 4. The smallest absolute Gasteiger partial charge is 0.324 e. The number of benzene rings is 3. The zero-order valence-corrected chi connectivity index (χ0v) is 34.5. The Labute approximate surface area is 331 Å². The molecule has 7 rings (SSSR count). The molecule has 0 radical (unpaired) electrons. The van der Waals surface area contributed by atoms with E-state index >= 15 is 0 Å². The zero-order valence-electron chi connectivity index (χ0n) is 33.5. The van der Waals surface area contributed by atoms with Crippen LogP contribution in [0.25, 0.3) is 27.4 Å². The highest BCUT2D eigenvalue weighted by atomic mass is 28.4. The van der Waals surface area contributed by atoms with Crippen LogP contribution < -0.4 is 26.2 Å². The highest BCUT2D eigenvalue weighted by molar-refractivity contribution is 6.74. The van der Waals surface area contributed by atoms with Crippen LogP contribution in [0.3, 0.4) is 0 Å². The summed E-state index contributed by atoms with van der Waals surface area (Å²) in [6.45, 7) is 17.9. The van der Waals surface area contributed by atoms with Crippen molar-refractivity contribution in [1.29, 1.82) is 0 Å². The van der Waals surface area contributed by atoms with Gasteiger partial charge in [0.15, 0.2) is 8.32 Å². The summed E-state index contributed by atoms with van der Waals surface area (Å²) >= 11 is 0. The number of pyridine rings is 1. The van der Waals surface area contributed by atoms with Crippen molar-refractivity contribution in [2.75, 3.05) is 22.6 Å². The molecular formula is C42H48N10O4Si. The third-order valence-corrected chi connectivity index (χ3v) is 14.8. The Balaban J connectivity index is 1.09. The summed E-state index contributed by atoms with van der Waals surface area (Å²) in [5.41, 5.74) is 3.30. The van der Waals surface area contributed by atoms with Crippen LogP contribution in [0.5, 0.6) is 11.6 Å². The molecule has 2 amide bonds. The lowest BCUT2D eigenvalue weighted by molar-refractivity contribution is 0.262. The van der Waals surface area contributed by atoms with Gasteiger partial charge in [-0.2, -0.15) is 10.2 Å². The molecule has 0 unspecified atom stereocenters. The molecule has 0 bridgehead atoms. The number of aromatic nitrogens is 7. The topological polar surface area (TPSA) is 166 Å². The van der Waals surface area contributed by atoms with E-state index in [-0.39, 0.29) is 16.0 Å². The quantitative estimate of drug-likeness (QED) is 0.0935. The van der Waals surface area contributed by atoms with Crippen molar-refractivity contribution in [3.63, 3.8) is 0 Å². The molecule has 0 saturated carbocycles. The monoisotopic (exact) mass is 784 g/mol. The number of aromatic amines is 1. The minimum atomic E-state index is -1.99. The molecule has 0 atom stereocenters. The van der Waals surface area contributed by atoms with Gasteiger partial charge >= 0.3 is 6.03 Å². The molecule has 0 spiro atoms. The van der Waals surface area contributed by atoms with Crippen molar-refractivity contribution in [3.8, 4) is 17.3 Å². The molecule has 14 nitrogen and oxygen atoms in total. The first-order valence-corrected chi connectivity index (χ1v) is 21.7. The summed E-state index contributed by atoms with van der Waals surface area (Å²) in [6.07, 6.45) is 4.95. The predicted octanol–water partition coefficient (Wildman–Crippen LogP) is 9.35. The maximum atomic E-state index is 13.7. The molecule has 7 aromatic rings. The minimum Gasteiger partial charge on any atom is -0.438 e. The molecule has 0 aliphatic heterocycles. The molecule has 4 N–H and O–H groups in total. The molecule has 57 heavy (non-hydrogen) atoms. The first-order chi connectivity index (χ1) is 27.0. The van der Waals surface area contributed by atoms with Crippen LogP contribution in [0.4, 0.5) is 27.8 Å². The summed E-state index contributed by atoms with van der Waals surface area (Å²) in [4.78, 5) is 35.3. The van der Waals surface area contributed by atoms with Crippen LogP contribution in [-0.2, 0) is 16.4 Å². The number of amides is 2. The third-order valence-electron chi connectivity index (χ3n) is 10.2. The number of hydrogen-bond acceptors (Lipinski definition) is 9. The van der Waals surface area contributed by atoms with E-state index in [1.165, 1.54) is 12.4 Å². The highest BCUT2D eigenvalue weighted by Gasteiger charge is 2.37. The van der Waals surface area contributed by atoms with Gasteiger partial charge in [0.25, 0.3) is 5.56 Å². The van der Waals surface area contributed by atoms with Crippen molar-refractivity contribution in [3.05, 3.63) is 114 Å². The number of nitrogens with one attached hydrogen (secondary N) is 4. The van der Waals surface area contributed by atoms with Crippen LogP contribution in [0.2, 0.25) is 18.1 Å². The molecule has 4 aromatic heterocycles. The number of fused-ring (bicyclic) bond motifs is 2. The number of hydrogen-bond donors (Lipinski definition) is 4. The van der Waals surface area contributed by atoms with Crippen LogP contribution in [0.15, 0.2) is 102 Å². The lowest BCUT2D eigenvalue weighted by atomic mass is 9.92. The number of rotatable bonds is 11. The molecule has 15 heteroatoms. The Kier molecular flexibility index (Phi) is 10.5. The van der Waals surface area contributed by atoms with Gasteiger partial charge in [-0.15, -0.1) is 0 Å². The van der Waals surface area contributed by atoms with Gasteiger partial charge in [-0.3, -0.25) is 15.2 Å². The minimum absolute atomic E-state index is 0.0556. The molecule has 0 fully saturated rings. The van der Waals surface area contributed by atoms with Crippen LogP contribution in [0.1, 0.15) is 47.2 Å². The Morgan fingerprint density at radius 1 is 0.895 bits per heavy atom. The fourth-order valence-corrected chi connectivity index (χ4v) is 6.99. The number of carbonyl (C=O) groups is 1. The summed E-state index contributed by atoms with van der Waals surface area (Å²) in [7, 11) is -1.99. The van der Waals surface area contributed by atoms with Crippen molar-refractivity contribution in [2.45, 2.75) is 71.6 Å². The number of urea groups is 1. The van der Waals surface area contributed by atoms with E-state index in [1.807, 2.05) is 48.5 Å². The van der Waals surface area contributed by atoms with Crippen molar-refractivity contribution < 1.29 is 14.0 Å². The van der Waals surface area contributed by atoms with Crippen LogP contribution in [-0.4, -0.2) is 55.5 Å². The molecule has 294 valence electrons. The van der Waals surface area contributed by atoms with Gasteiger partial charge < -0.3 is 24.4 Å². The second kappa shape index (κ2) is 15.3.